The highest BCUT2D eigenvalue weighted by atomic mass is 15.0. The molecule has 58 valence electrons. The van der Waals surface area contributed by atoms with Crippen molar-refractivity contribution in [3.63, 3.8) is 0 Å². The van der Waals surface area contributed by atoms with Gasteiger partial charge in [0.05, 0.1) is 5.69 Å². The number of aromatic nitrogens is 1. The molecule has 0 aromatic carbocycles. The summed E-state index contributed by atoms with van der Waals surface area (Å²) in [6.07, 6.45) is 6.22. The van der Waals surface area contributed by atoms with Gasteiger partial charge in [0, 0.05) is 12.1 Å². The van der Waals surface area contributed by atoms with Crippen molar-refractivity contribution in [1.82, 2.24) is 0 Å². The van der Waals surface area contributed by atoms with Crippen LogP contribution < -0.4 is 16.0 Å². The molecule has 1 aliphatic rings. The summed E-state index contributed by atoms with van der Waals surface area (Å²) >= 11 is 0. The monoisotopic (exact) mass is 150 g/mol. The third kappa shape index (κ3) is 1.42. The maximum Gasteiger partial charge on any atom is 0.192 e. The lowest BCUT2D eigenvalue weighted by atomic mass is 10.3. The van der Waals surface area contributed by atoms with Crippen molar-refractivity contribution in [3.05, 3.63) is 18.5 Å². The standard InChI is InChI=1S/C8H11N3/c9-7-5-10-4-3-8(7)11-6-1-2-6/h3-6H,1-2,9H2,(H,10,11)/p+1. The van der Waals surface area contributed by atoms with Crippen LogP contribution in [0.2, 0.25) is 0 Å². The maximum atomic E-state index is 5.70. The quantitative estimate of drug-likeness (QED) is 0.650. The number of anilines is 2. The number of H-pyrrole nitrogens is 1. The zero-order valence-corrected chi connectivity index (χ0v) is 6.30. The second kappa shape index (κ2) is 2.42. The van der Waals surface area contributed by atoms with E-state index in [2.05, 4.69) is 10.3 Å². The van der Waals surface area contributed by atoms with Crippen molar-refractivity contribution >= 4 is 11.4 Å². The van der Waals surface area contributed by atoms with Crippen LogP contribution in [0, 0.1) is 0 Å². The number of rotatable bonds is 2. The summed E-state index contributed by atoms with van der Waals surface area (Å²) < 4.78 is 0. The van der Waals surface area contributed by atoms with Gasteiger partial charge in [-0.2, -0.15) is 0 Å². The van der Waals surface area contributed by atoms with Gasteiger partial charge in [0.25, 0.3) is 0 Å². The molecule has 1 fully saturated rings. The Labute approximate surface area is 65.6 Å². The minimum absolute atomic E-state index is 0.666. The lowest BCUT2D eigenvalue weighted by molar-refractivity contribution is -0.376. The van der Waals surface area contributed by atoms with Crippen LogP contribution in [-0.4, -0.2) is 6.04 Å². The molecule has 3 heteroatoms. The van der Waals surface area contributed by atoms with Gasteiger partial charge in [0.1, 0.15) is 5.69 Å². The smallest absolute Gasteiger partial charge is 0.192 e. The number of nitrogens with two attached hydrogens (primary N) is 1. The zero-order valence-electron chi connectivity index (χ0n) is 6.30. The van der Waals surface area contributed by atoms with Crippen LogP contribution in [-0.2, 0) is 0 Å². The fourth-order valence-electron chi connectivity index (χ4n) is 1.02. The molecule has 0 amide bonds. The summed E-state index contributed by atoms with van der Waals surface area (Å²) in [5, 5.41) is 3.34. The Kier molecular flexibility index (Phi) is 1.42. The Morgan fingerprint density at radius 2 is 2.36 bits per heavy atom. The number of aromatic amines is 1. The molecule has 1 aromatic heterocycles. The third-order valence-corrected chi connectivity index (χ3v) is 1.83. The predicted molar refractivity (Wildman–Crippen MR) is 44.1 cm³/mol. The minimum Gasteiger partial charge on any atom is -0.392 e. The van der Waals surface area contributed by atoms with Gasteiger partial charge in [-0.05, 0) is 12.8 Å². The first-order valence-electron chi connectivity index (χ1n) is 3.88. The average molecular weight is 150 g/mol. The maximum absolute atomic E-state index is 5.70. The average Bonchev–Trinajstić information content (AvgIpc) is 2.78. The third-order valence-electron chi connectivity index (χ3n) is 1.83. The van der Waals surface area contributed by atoms with E-state index in [1.807, 2.05) is 12.3 Å². The van der Waals surface area contributed by atoms with Crippen LogP contribution in [0.5, 0.6) is 0 Å². The largest absolute Gasteiger partial charge is 0.392 e. The van der Waals surface area contributed by atoms with Gasteiger partial charge in [-0.1, -0.05) is 0 Å². The molecule has 0 bridgehead atoms. The molecule has 3 nitrogen and oxygen atoms in total. The first-order chi connectivity index (χ1) is 5.36. The number of pyridine rings is 1. The second-order valence-electron chi connectivity index (χ2n) is 2.93. The highest BCUT2D eigenvalue weighted by Crippen LogP contribution is 2.26. The van der Waals surface area contributed by atoms with Gasteiger partial charge in [-0.15, -0.1) is 0 Å². The van der Waals surface area contributed by atoms with E-state index in [1.54, 1.807) is 6.20 Å². The highest BCUT2D eigenvalue weighted by Gasteiger charge is 2.21. The van der Waals surface area contributed by atoms with Gasteiger partial charge >= 0.3 is 0 Å². The number of hydrogen-bond donors (Lipinski definition) is 2. The van der Waals surface area contributed by atoms with Crippen LogP contribution >= 0.6 is 0 Å². The van der Waals surface area contributed by atoms with E-state index < -0.39 is 0 Å². The second-order valence-corrected chi connectivity index (χ2v) is 2.93. The molecule has 0 radical (unpaired) electrons. The summed E-state index contributed by atoms with van der Waals surface area (Å²) in [5.74, 6) is 0. The molecule has 1 heterocycles. The van der Waals surface area contributed by atoms with E-state index in [1.165, 1.54) is 12.8 Å². The van der Waals surface area contributed by atoms with E-state index >= 15 is 0 Å². The molecular weight excluding hydrogens is 138 g/mol. The zero-order chi connectivity index (χ0) is 7.68. The Morgan fingerprint density at radius 1 is 1.55 bits per heavy atom. The molecule has 0 saturated heterocycles. The summed E-state index contributed by atoms with van der Waals surface area (Å²) in [4.78, 5) is 2.93. The molecule has 4 N–H and O–H groups in total. The van der Waals surface area contributed by atoms with E-state index in [4.69, 9.17) is 5.73 Å². The molecular formula is C8H12N3+. The van der Waals surface area contributed by atoms with Crippen LogP contribution in [0.4, 0.5) is 11.4 Å². The van der Waals surface area contributed by atoms with Crippen molar-refractivity contribution in [2.24, 2.45) is 0 Å². The van der Waals surface area contributed by atoms with Gasteiger partial charge in [-0.25, -0.2) is 4.98 Å². The molecule has 0 aliphatic heterocycles. The van der Waals surface area contributed by atoms with Gasteiger partial charge < -0.3 is 11.1 Å². The fourth-order valence-corrected chi connectivity index (χ4v) is 1.02. The van der Waals surface area contributed by atoms with Gasteiger partial charge in [0.15, 0.2) is 12.4 Å². The van der Waals surface area contributed by atoms with E-state index in [9.17, 15) is 0 Å². The Balaban J connectivity index is 2.15. The topological polar surface area (TPSA) is 52.2 Å². The first kappa shape index (κ1) is 6.46. The number of hydrogen-bond acceptors (Lipinski definition) is 2. The van der Waals surface area contributed by atoms with Crippen LogP contribution in [0.15, 0.2) is 18.5 Å². The Bertz CT molecular complexity index is 255. The van der Waals surface area contributed by atoms with Gasteiger partial charge in [0.2, 0.25) is 0 Å². The fraction of sp³-hybridized carbons (Fsp3) is 0.375. The van der Waals surface area contributed by atoms with Gasteiger partial charge in [-0.3, -0.25) is 0 Å². The minimum atomic E-state index is 0.666. The van der Waals surface area contributed by atoms with E-state index in [0.717, 1.165) is 11.4 Å². The van der Waals surface area contributed by atoms with Crippen LogP contribution in [0.25, 0.3) is 0 Å². The molecule has 1 saturated carbocycles. The molecule has 11 heavy (non-hydrogen) atoms. The summed E-state index contributed by atoms with van der Waals surface area (Å²) in [6.45, 7) is 0. The molecule has 0 spiro atoms. The lowest BCUT2D eigenvalue weighted by Gasteiger charge is -2.03. The summed E-state index contributed by atoms with van der Waals surface area (Å²) in [7, 11) is 0. The highest BCUT2D eigenvalue weighted by molar-refractivity contribution is 5.64. The van der Waals surface area contributed by atoms with E-state index in [-0.39, 0.29) is 0 Å². The normalized spacial score (nSPS) is 16.4. The van der Waals surface area contributed by atoms with Crippen molar-refractivity contribution in [1.29, 1.82) is 0 Å². The Hall–Kier alpha value is -1.25. The molecule has 1 aliphatic carbocycles. The molecule has 1 aromatic rings. The predicted octanol–water partition coefficient (Wildman–Crippen LogP) is 0.657. The first-order valence-corrected chi connectivity index (χ1v) is 3.88. The molecule has 0 unspecified atom stereocenters. The number of nitrogens with one attached hydrogen (secondary N) is 2. The van der Waals surface area contributed by atoms with Crippen molar-refractivity contribution in [2.45, 2.75) is 18.9 Å². The van der Waals surface area contributed by atoms with E-state index in [0.29, 0.717) is 6.04 Å². The SMILES string of the molecule is Nc1c[nH+]ccc1NC1CC1. The van der Waals surface area contributed by atoms with Crippen molar-refractivity contribution in [3.8, 4) is 0 Å². The van der Waals surface area contributed by atoms with Crippen LogP contribution in [0.1, 0.15) is 12.8 Å². The summed E-state index contributed by atoms with van der Waals surface area (Å²) in [5.41, 5.74) is 7.54. The molecule has 2 rings (SSSR count). The van der Waals surface area contributed by atoms with Crippen molar-refractivity contribution in [2.75, 3.05) is 11.1 Å². The molecule has 0 atom stereocenters. The number of nitrogen functional groups attached to an aromatic ring is 1. The Morgan fingerprint density at radius 3 is 3.00 bits per heavy atom. The lowest BCUT2D eigenvalue weighted by Crippen LogP contribution is -2.08. The van der Waals surface area contributed by atoms with Crippen molar-refractivity contribution < 1.29 is 4.98 Å². The summed E-state index contributed by atoms with van der Waals surface area (Å²) in [6, 6.07) is 2.63. The van der Waals surface area contributed by atoms with Crippen LogP contribution in [0.3, 0.4) is 0 Å².